The van der Waals surface area contributed by atoms with E-state index in [-0.39, 0.29) is 17.5 Å². The first-order chi connectivity index (χ1) is 8.26. The zero-order chi connectivity index (χ0) is 13.9. The standard InChI is InChI=1S/C10H7F5N2O/c1-5-6(2-3-16)4-17-7(9(11)12)8(5)18-10(13,14)15/h4,9H,2H2,1H3. The lowest BCUT2D eigenvalue weighted by Gasteiger charge is -2.16. The minimum atomic E-state index is -5.10. The molecule has 0 bridgehead atoms. The molecule has 0 saturated heterocycles. The van der Waals surface area contributed by atoms with E-state index in [4.69, 9.17) is 5.26 Å². The maximum atomic E-state index is 12.5. The molecule has 0 N–H and O–H groups in total. The van der Waals surface area contributed by atoms with Gasteiger partial charge in [-0.05, 0) is 18.1 Å². The summed E-state index contributed by atoms with van der Waals surface area (Å²) in [6.07, 6.45) is -7.58. The second kappa shape index (κ2) is 5.16. The molecule has 1 aromatic rings. The second-order valence-electron chi connectivity index (χ2n) is 3.31. The molecule has 0 spiro atoms. The molecule has 1 heterocycles. The van der Waals surface area contributed by atoms with Gasteiger partial charge in [-0.3, -0.25) is 4.98 Å². The molecule has 0 aromatic carbocycles. The minimum Gasteiger partial charge on any atom is -0.403 e. The van der Waals surface area contributed by atoms with E-state index in [1.54, 1.807) is 6.07 Å². The summed E-state index contributed by atoms with van der Waals surface area (Å²) in [5.41, 5.74) is -1.15. The Kier molecular flexibility index (Phi) is 4.06. The largest absolute Gasteiger partial charge is 0.573 e. The summed E-state index contributed by atoms with van der Waals surface area (Å²) >= 11 is 0. The van der Waals surface area contributed by atoms with E-state index >= 15 is 0 Å². The monoisotopic (exact) mass is 266 g/mol. The van der Waals surface area contributed by atoms with Crippen molar-refractivity contribution in [1.82, 2.24) is 4.98 Å². The van der Waals surface area contributed by atoms with Gasteiger partial charge in [0.15, 0.2) is 5.75 Å². The number of halogens is 5. The normalized spacial score (nSPS) is 11.4. The van der Waals surface area contributed by atoms with Gasteiger partial charge in [0.25, 0.3) is 6.43 Å². The van der Waals surface area contributed by atoms with Crippen LogP contribution in [-0.4, -0.2) is 11.3 Å². The first-order valence-corrected chi connectivity index (χ1v) is 4.65. The molecule has 18 heavy (non-hydrogen) atoms. The van der Waals surface area contributed by atoms with Crippen LogP contribution < -0.4 is 4.74 Å². The minimum absolute atomic E-state index is 0.112. The Hall–Kier alpha value is -1.91. The van der Waals surface area contributed by atoms with Crippen molar-refractivity contribution >= 4 is 0 Å². The first-order valence-electron chi connectivity index (χ1n) is 4.65. The van der Waals surface area contributed by atoms with Gasteiger partial charge in [-0.25, -0.2) is 8.78 Å². The summed E-state index contributed by atoms with van der Waals surface area (Å²) in [6, 6.07) is 1.70. The van der Waals surface area contributed by atoms with Gasteiger partial charge in [-0.2, -0.15) is 5.26 Å². The lowest BCUT2D eigenvalue weighted by atomic mass is 10.1. The fourth-order valence-corrected chi connectivity index (χ4v) is 1.30. The van der Waals surface area contributed by atoms with Gasteiger partial charge in [0.1, 0.15) is 5.69 Å². The van der Waals surface area contributed by atoms with Crippen LogP contribution in [0.3, 0.4) is 0 Å². The Morgan fingerprint density at radius 2 is 2.06 bits per heavy atom. The van der Waals surface area contributed by atoms with Crippen LogP contribution in [0.1, 0.15) is 23.2 Å². The van der Waals surface area contributed by atoms with Gasteiger partial charge in [-0.1, -0.05) is 0 Å². The van der Waals surface area contributed by atoms with Gasteiger partial charge in [0.05, 0.1) is 12.5 Å². The molecular formula is C10H7F5N2O. The molecule has 0 aliphatic carbocycles. The van der Waals surface area contributed by atoms with Gasteiger partial charge >= 0.3 is 6.36 Å². The van der Waals surface area contributed by atoms with Gasteiger partial charge in [0.2, 0.25) is 0 Å². The molecule has 0 fully saturated rings. The number of ether oxygens (including phenoxy) is 1. The average molecular weight is 266 g/mol. The van der Waals surface area contributed by atoms with Crippen molar-refractivity contribution in [2.24, 2.45) is 0 Å². The van der Waals surface area contributed by atoms with E-state index in [2.05, 4.69) is 9.72 Å². The van der Waals surface area contributed by atoms with E-state index in [1.165, 1.54) is 6.92 Å². The maximum absolute atomic E-state index is 12.5. The number of alkyl halides is 5. The third-order valence-corrected chi connectivity index (χ3v) is 2.11. The third kappa shape index (κ3) is 3.29. The number of hydrogen-bond acceptors (Lipinski definition) is 3. The number of nitrogens with zero attached hydrogens (tertiary/aromatic N) is 2. The molecule has 98 valence electrons. The van der Waals surface area contributed by atoms with Crippen LogP contribution in [0, 0.1) is 18.3 Å². The van der Waals surface area contributed by atoms with E-state index in [0.717, 1.165) is 6.20 Å². The van der Waals surface area contributed by atoms with Gasteiger partial charge < -0.3 is 4.74 Å². The molecular weight excluding hydrogens is 259 g/mol. The van der Waals surface area contributed by atoms with Gasteiger partial charge in [0, 0.05) is 6.20 Å². The average Bonchev–Trinajstić information content (AvgIpc) is 2.22. The highest BCUT2D eigenvalue weighted by Crippen LogP contribution is 2.35. The smallest absolute Gasteiger partial charge is 0.403 e. The summed E-state index contributed by atoms with van der Waals surface area (Å²) < 4.78 is 65.0. The van der Waals surface area contributed by atoms with Crippen molar-refractivity contribution in [2.75, 3.05) is 0 Å². The van der Waals surface area contributed by atoms with E-state index < -0.39 is 24.2 Å². The summed E-state index contributed by atoms with van der Waals surface area (Å²) in [5.74, 6) is -1.04. The molecule has 0 unspecified atom stereocenters. The van der Waals surface area contributed by atoms with Crippen LogP contribution in [0.2, 0.25) is 0 Å². The molecule has 0 saturated carbocycles. The van der Waals surface area contributed by atoms with Crippen molar-refractivity contribution < 1.29 is 26.7 Å². The Balaban J connectivity index is 3.32. The van der Waals surface area contributed by atoms with Crippen molar-refractivity contribution in [1.29, 1.82) is 5.26 Å². The highest BCUT2D eigenvalue weighted by molar-refractivity contribution is 5.43. The van der Waals surface area contributed by atoms with Crippen LogP contribution in [-0.2, 0) is 6.42 Å². The molecule has 0 amide bonds. The number of aromatic nitrogens is 1. The molecule has 0 atom stereocenters. The molecule has 1 aromatic heterocycles. The number of hydrogen-bond donors (Lipinski definition) is 0. The first kappa shape index (κ1) is 14.2. The third-order valence-electron chi connectivity index (χ3n) is 2.11. The zero-order valence-electron chi connectivity index (χ0n) is 9.05. The molecule has 0 aliphatic heterocycles. The SMILES string of the molecule is Cc1c(CC#N)cnc(C(F)F)c1OC(F)(F)F. The lowest BCUT2D eigenvalue weighted by molar-refractivity contribution is -0.275. The van der Waals surface area contributed by atoms with Crippen LogP contribution in [0.5, 0.6) is 5.75 Å². The zero-order valence-corrected chi connectivity index (χ0v) is 9.05. The Labute approximate surface area is 98.8 Å². The number of rotatable bonds is 3. The number of nitriles is 1. The fraction of sp³-hybridized carbons (Fsp3) is 0.400. The molecule has 0 radical (unpaired) electrons. The maximum Gasteiger partial charge on any atom is 0.573 e. The molecule has 0 aliphatic rings. The van der Waals surface area contributed by atoms with Crippen LogP contribution in [0.25, 0.3) is 0 Å². The highest BCUT2D eigenvalue weighted by atomic mass is 19.4. The Morgan fingerprint density at radius 3 is 2.50 bits per heavy atom. The molecule has 8 heteroatoms. The summed E-state index contributed by atoms with van der Waals surface area (Å²) in [7, 11) is 0. The van der Waals surface area contributed by atoms with Crippen LogP contribution in [0.4, 0.5) is 22.0 Å². The molecule has 1 rings (SSSR count). The van der Waals surface area contributed by atoms with Crippen molar-refractivity contribution in [3.63, 3.8) is 0 Å². The predicted octanol–water partition coefficient (Wildman–Crippen LogP) is 3.29. The lowest BCUT2D eigenvalue weighted by Crippen LogP contribution is -2.20. The highest BCUT2D eigenvalue weighted by Gasteiger charge is 2.35. The van der Waals surface area contributed by atoms with E-state index in [0.29, 0.717) is 0 Å². The second-order valence-corrected chi connectivity index (χ2v) is 3.31. The molecule has 3 nitrogen and oxygen atoms in total. The topological polar surface area (TPSA) is 45.9 Å². The van der Waals surface area contributed by atoms with Crippen molar-refractivity contribution in [3.05, 3.63) is 23.0 Å². The Morgan fingerprint density at radius 1 is 1.44 bits per heavy atom. The van der Waals surface area contributed by atoms with Gasteiger partial charge in [-0.15, -0.1) is 13.2 Å². The van der Waals surface area contributed by atoms with Crippen LogP contribution >= 0.6 is 0 Å². The van der Waals surface area contributed by atoms with Crippen molar-refractivity contribution in [2.45, 2.75) is 26.1 Å². The van der Waals surface area contributed by atoms with Crippen molar-refractivity contribution in [3.8, 4) is 11.8 Å². The van der Waals surface area contributed by atoms with Crippen LogP contribution in [0.15, 0.2) is 6.20 Å². The Bertz CT molecular complexity index is 478. The summed E-state index contributed by atoms with van der Waals surface area (Å²) in [5, 5.41) is 8.46. The summed E-state index contributed by atoms with van der Waals surface area (Å²) in [4.78, 5) is 3.22. The van der Waals surface area contributed by atoms with E-state index in [9.17, 15) is 22.0 Å². The fourth-order valence-electron chi connectivity index (χ4n) is 1.30. The number of pyridine rings is 1. The van der Waals surface area contributed by atoms with E-state index in [1.807, 2.05) is 0 Å². The summed E-state index contributed by atoms with van der Waals surface area (Å²) in [6.45, 7) is 1.17. The predicted molar refractivity (Wildman–Crippen MR) is 49.9 cm³/mol. The quantitative estimate of drug-likeness (QED) is 0.788.